The van der Waals surface area contributed by atoms with Gasteiger partial charge in [-0.05, 0) is 23.6 Å². The van der Waals surface area contributed by atoms with Gasteiger partial charge in [0.15, 0.2) is 0 Å². The van der Waals surface area contributed by atoms with E-state index < -0.39 is 0 Å². The smallest absolute Gasteiger partial charge is 0.232 e. The van der Waals surface area contributed by atoms with E-state index in [-0.39, 0.29) is 17.7 Å². The topological polar surface area (TPSA) is 72.1 Å². The Balaban J connectivity index is 1.46. The highest BCUT2D eigenvalue weighted by molar-refractivity contribution is 5.79. The molecule has 132 valence electrons. The fourth-order valence-electron chi connectivity index (χ4n) is 3.37. The van der Waals surface area contributed by atoms with Crippen LogP contribution in [0.2, 0.25) is 0 Å². The van der Waals surface area contributed by atoms with E-state index in [0.29, 0.717) is 31.2 Å². The van der Waals surface area contributed by atoms with Crippen LogP contribution in [0.3, 0.4) is 0 Å². The monoisotopic (exact) mass is 348 g/mol. The molecule has 0 spiro atoms. The van der Waals surface area contributed by atoms with Crippen LogP contribution in [0.25, 0.3) is 11.4 Å². The zero-order valence-electron chi connectivity index (χ0n) is 14.6. The lowest BCUT2D eigenvalue weighted by Gasteiger charge is -2.15. The average molecular weight is 348 g/mol. The van der Waals surface area contributed by atoms with Gasteiger partial charge in [-0.3, -0.25) is 9.78 Å². The summed E-state index contributed by atoms with van der Waals surface area (Å²) in [6.07, 6.45) is 3.84. The van der Waals surface area contributed by atoms with Crippen molar-refractivity contribution in [1.82, 2.24) is 20.0 Å². The molecule has 1 aromatic carbocycles. The van der Waals surface area contributed by atoms with Gasteiger partial charge in [0.1, 0.15) is 0 Å². The zero-order chi connectivity index (χ0) is 17.9. The van der Waals surface area contributed by atoms with Crippen LogP contribution < -0.4 is 0 Å². The van der Waals surface area contributed by atoms with Gasteiger partial charge in [-0.15, -0.1) is 0 Å². The van der Waals surface area contributed by atoms with Gasteiger partial charge < -0.3 is 9.42 Å². The minimum Gasteiger partial charge on any atom is -0.341 e. The van der Waals surface area contributed by atoms with E-state index in [1.165, 1.54) is 0 Å². The number of pyridine rings is 1. The molecule has 1 aliphatic heterocycles. The third-order valence-corrected chi connectivity index (χ3v) is 4.84. The van der Waals surface area contributed by atoms with Crippen molar-refractivity contribution in [2.24, 2.45) is 5.92 Å². The molecule has 0 bridgehead atoms. The fourth-order valence-corrected chi connectivity index (χ4v) is 3.37. The molecule has 2 aromatic heterocycles. The van der Waals surface area contributed by atoms with E-state index in [9.17, 15) is 4.79 Å². The van der Waals surface area contributed by atoms with Gasteiger partial charge in [0.05, 0.1) is 12.3 Å². The number of carbonyl (C=O) groups excluding carboxylic acids is 1. The van der Waals surface area contributed by atoms with Crippen LogP contribution >= 0.6 is 0 Å². The summed E-state index contributed by atoms with van der Waals surface area (Å²) in [4.78, 5) is 23.1. The van der Waals surface area contributed by atoms with Gasteiger partial charge in [0.25, 0.3) is 0 Å². The highest BCUT2D eigenvalue weighted by Crippen LogP contribution is 2.32. The summed E-state index contributed by atoms with van der Waals surface area (Å²) in [6, 6.07) is 13.6. The Kier molecular flexibility index (Phi) is 4.48. The van der Waals surface area contributed by atoms with E-state index >= 15 is 0 Å². The molecular weight excluding hydrogens is 328 g/mol. The van der Waals surface area contributed by atoms with E-state index in [0.717, 1.165) is 11.1 Å². The second-order valence-electron chi connectivity index (χ2n) is 6.74. The van der Waals surface area contributed by atoms with Crippen molar-refractivity contribution in [3.8, 4) is 11.4 Å². The van der Waals surface area contributed by atoms with Crippen molar-refractivity contribution in [1.29, 1.82) is 0 Å². The summed E-state index contributed by atoms with van der Waals surface area (Å²) in [7, 11) is 0. The van der Waals surface area contributed by atoms with Gasteiger partial charge >= 0.3 is 0 Å². The normalized spacial score (nSPS) is 19.7. The Labute approximate surface area is 151 Å². The van der Waals surface area contributed by atoms with Crippen molar-refractivity contribution in [2.75, 3.05) is 13.1 Å². The first kappa shape index (κ1) is 16.4. The van der Waals surface area contributed by atoms with E-state index in [1.807, 2.05) is 47.4 Å². The lowest BCUT2D eigenvalue weighted by atomic mass is 9.98. The van der Waals surface area contributed by atoms with Crippen LogP contribution in [0.1, 0.15) is 24.3 Å². The van der Waals surface area contributed by atoms with Gasteiger partial charge in [-0.2, -0.15) is 4.98 Å². The van der Waals surface area contributed by atoms with Crippen LogP contribution in [0.15, 0.2) is 59.4 Å². The van der Waals surface area contributed by atoms with E-state index in [4.69, 9.17) is 4.52 Å². The maximum absolute atomic E-state index is 12.6. The largest absolute Gasteiger partial charge is 0.341 e. The zero-order valence-corrected chi connectivity index (χ0v) is 14.6. The molecule has 4 rings (SSSR count). The maximum Gasteiger partial charge on any atom is 0.232 e. The summed E-state index contributed by atoms with van der Waals surface area (Å²) in [5.74, 6) is 1.60. The number of carbonyl (C=O) groups is 1. The number of rotatable bonds is 4. The molecule has 2 atom stereocenters. The predicted octanol–water partition coefficient (Wildman–Crippen LogP) is 2.94. The number of aromatic nitrogens is 3. The SMILES string of the molecule is C[C@H]1CN(C(=O)Cc2ccccc2)C[C@@H]1c1nc(-c2cccnc2)no1. The van der Waals surface area contributed by atoms with Gasteiger partial charge in [-0.1, -0.05) is 42.4 Å². The number of amides is 1. The van der Waals surface area contributed by atoms with Gasteiger partial charge in [0, 0.05) is 31.0 Å². The third-order valence-electron chi connectivity index (χ3n) is 4.84. The Morgan fingerprint density at radius 1 is 1.19 bits per heavy atom. The van der Waals surface area contributed by atoms with Crippen molar-refractivity contribution in [3.05, 3.63) is 66.3 Å². The molecule has 6 heteroatoms. The number of hydrogen-bond acceptors (Lipinski definition) is 5. The molecule has 1 amide bonds. The maximum atomic E-state index is 12.6. The first-order chi connectivity index (χ1) is 12.7. The number of nitrogens with zero attached hydrogens (tertiary/aromatic N) is 4. The average Bonchev–Trinajstić information content (AvgIpc) is 3.30. The van der Waals surface area contributed by atoms with Crippen LogP contribution in [0, 0.1) is 5.92 Å². The second kappa shape index (κ2) is 7.07. The van der Waals surface area contributed by atoms with Crippen molar-refractivity contribution in [2.45, 2.75) is 19.3 Å². The summed E-state index contributed by atoms with van der Waals surface area (Å²) in [5, 5.41) is 4.07. The van der Waals surface area contributed by atoms with Gasteiger partial charge in [0.2, 0.25) is 17.6 Å². The Morgan fingerprint density at radius 2 is 2.04 bits per heavy atom. The molecule has 0 saturated carbocycles. The molecule has 3 aromatic rings. The molecule has 6 nitrogen and oxygen atoms in total. The van der Waals surface area contributed by atoms with Crippen molar-refractivity contribution >= 4 is 5.91 Å². The minimum absolute atomic E-state index is 0.0626. The third kappa shape index (κ3) is 3.35. The second-order valence-corrected chi connectivity index (χ2v) is 6.74. The predicted molar refractivity (Wildman–Crippen MR) is 96.2 cm³/mol. The lowest BCUT2D eigenvalue weighted by Crippen LogP contribution is -2.30. The highest BCUT2D eigenvalue weighted by atomic mass is 16.5. The highest BCUT2D eigenvalue weighted by Gasteiger charge is 2.36. The summed E-state index contributed by atoms with van der Waals surface area (Å²) in [6.45, 7) is 3.44. The van der Waals surface area contributed by atoms with E-state index in [2.05, 4.69) is 22.0 Å². The molecule has 0 N–H and O–H groups in total. The molecule has 26 heavy (non-hydrogen) atoms. The van der Waals surface area contributed by atoms with Crippen molar-refractivity contribution in [3.63, 3.8) is 0 Å². The molecule has 1 saturated heterocycles. The number of likely N-dealkylation sites (tertiary alicyclic amines) is 1. The first-order valence-corrected chi connectivity index (χ1v) is 8.76. The molecule has 0 radical (unpaired) electrons. The first-order valence-electron chi connectivity index (χ1n) is 8.76. The van der Waals surface area contributed by atoms with Gasteiger partial charge in [-0.25, -0.2) is 0 Å². The molecular formula is C20H20N4O2. The molecule has 1 aliphatic rings. The van der Waals surface area contributed by atoms with Crippen LogP contribution in [0.4, 0.5) is 0 Å². The summed E-state index contributed by atoms with van der Waals surface area (Å²) >= 11 is 0. The van der Waals surface area contributed by atoms with E-state index in [1.54, 1.807) is 12.4 Å². The Morgan fingerprint density at radius 3 is 2.81 bits per heavy atom. The molecule has 1 fully saturated rings. The number of benzene rings is 1. The molecule has 0 unspecified atom stereocenters. The fraction of sp³-hybridized carbons (Fsp3) is 0.300. The minimum atomic E-state index is 0.0626. The van der Waals surface area contributed by atoms with Crippen LogP contribution in [-0.4, -0.2) is 39.0 Å². The molecule has 0 aliphatic carbocycles. The standard InChI is InChI=1S/C20H20N4O2/c1-14-12-24(18(25)10-15-6-3-2-4-7-15)13-17(14)20-22-19(23-26-20)16-8-5-9-21-11-16/h2-9,11,14,17H,10,12-13H2,1H3/t14-,17-/m0/s1. The van der Waals surface area contributed by atoms with Crippen LogP contribution in [-0.2, 0) is 11.2 Å². The van der Waals surface area contributed by atoms with Crippen molar-refractivity contribution < 1.29 is 9.32 Å². The summed E-state index contributed by atoms with van der Waals surface area (Å²) < 4.78 is 5.49. The lowest BCUT2D eigenvalue weighted by molar-refractivity contribution is -0.129. The summed E-state index contributed by atoms with van der Waals surface area (Å²) in [5.41, 5.74) is 1.86. The number of hydrogen-bond donors (Lipinski definition) is 0. The molecule has 3 heterocycles. The Hall–Kier alpha value is -3.02. The van der Waals surface area contributed by atoms with Crippen LogP contribution in [0.5, 0.6) is 0 Å². The quantitative estimate of drug-likeness (QED) is 0.725. The Bertz CT molecular complexity index is 879.